The lowest BCUT2D eigenvalue weighted by Crippen LogP contribution is -2.28. The molecular formula is C43H88NO7P. The zero-order valence-corrected chi connectivity index (χ0v) is 35.5. The lowest BCUT2D eigenvalue weighted by atomic mass is 10.0. The van der Waals surface area contributed by atoms with E-state index in [0.717, 1.165) is 32.1 Å². The minimum Gasteiger partial charge on any atom is -0.457 e. The van der Waals surface area contributed by atoms with Crippen molar-refractivity contribution in [3.63, 3.8) is 0 Å². The number of unbranched alkanes of at least 4 members (excludes halogenated alkanes) is 31. The van der Waals surface area contributed by atoms with Crippen LogP contribution in [0.2, 0.25) is 0 Å². The summed E-state index contributed by atoms with van der Waals surface area (Å²) in [5, 5.41) is 0. The molecule has 2 atom stereocenters. The first-order valence-corrected chi connectivity index (χ1v) is 24.0. The van der Waals surface area contributed by atoms with Gasteiger partial charge in [0, 0.05) is 19.6 Å². The number of esters is 1. The topological polar surface area (TPSA) is 117 Å². The van der Waals surface area contributed by atoms with Gasteiger partial charge < -0.3 is 20.1 Å². The first-order valence-electron chi connectivity index (χ1n) is 22.5. The molecule has 0 spiro atoms. The molecule has 3 N–H and O–H groups in total. The normalized spacial score (nSPS) is 13.4. The van der Waals surface area contributed by atoms with Crippen molar-refractivity contribution in [2.45, 2.75) is 238 Å². The van der Waals surface area contributed by atoms with E-state index >= 15 is 0 Å². The van der Waals surface area contributed by atoms with E-state index in [1.807, 2.05) is 0 Å². The Balaban J connectivity index is 3.91. The Morgan fingerprint density at radius 1 is 0.500 bits per heavy atom. The molecule has 0 bridgehead atoms. The molecule has 0 aromatic rings. The Kier molecular flexibility index (Phi) is 41.3. The van der Waals surface area contributed by atoms with Crippen LogP contribution in [0.15, 0.2) is 0 Å². The number of nitrogens with two attached hydrogens (primary N) is 1. The molecule has 0 fully saturated rings. The number of ether oxygens (including phenoxy) is 2. The van der Waals surface area contributed by atoms with Gasteiger partial charge in [0.05, 0.1) is 19.8 Å². The molecule has 312 valence electrons. The summed E-state index contributed by atoms with van der Waals surface area (Å²) in [7, 11) is -4.27. The smallest absolute Gasteiger partial charge is 0.457 e. The number of phosphoric ester groups is 1. The fourth-order valence-corrected chi connectivity index (χ4v) is 7.47. The average Bonchev–Trinajstić information content (AvgIpc) is 3.13. The molecule has 0 aliphatic rings. The fourth-order valence-electron chi connectivity index (χ4n) is 6.70. The molecule has 0 heterocycles. The van der Waals surface area contributed by atoms with Gasteiger partial charge in [-0.25, -0.2) is 4.57 Å². The molecule has 0 radical (unpaired) electrons. The molecule has 2 unspecified atom stereocenters. The summed E-state index contributed by atoms with van der Waals surface area (Å²) in [6.45, 7) is 4.98. The SMILES string of the molecule is CCCCCCCCCCCCCCCCCCCCCCOCC(COP(=O)(O)OCCN)OC(=O)CCCCCCCCCCCCCCC. The maximum Gasteiger partial charge on any atom is 0.472 e. The second-order valence-corrected chi connectivity index (χ2v) is 16.7. The van der Waals surface area contributed by atoms with Gasteiger partial charge in [-0.05, 0) is 12.8 Å². The average molecular weight is 762 g/mol. The van der Waals surface area contributed by atoms with Crippen molar-refractivity contribution >= 4 is 13.8 Å². The molecule has 52 heavy (non-hydrogen) atoms. The first kappa shape index (κ1) is 51.5. The van der Waals surface area contributed by atoms with Gasteiger partial charge in [0.15, 0.2) is 0 Å². The van der Waals surface area contributed by atoms with E-state index in [1.165, 1.54) is 180 Å². The summed E-state index contributed by atoms with van der Waals surface area (Å²) in [5.74, 6) is -0.324. The van der Waals surface area contributed by atoms with E-state index in [4.69, 9.17) is 24.3 Å². The van der Waals surface area contributed by atoms with Crippen LogP contribution >= 0.6 is 7.82 Å². The fraction of sp³-hybridized carbons (Fsp3) is 0.977. The predicted octanol–water partition coefficient (Wildman–Crippen LogP) is 13.3. The zero-order valence-electron chi connectivity index (χ0n) is 34.6. The van der Waals surface area contributed by atoms with E-state index in [0.29, 0.717) is 13.0 Å². The van der Waals surface area contributed by atoms with Gasteiger partial charge in [0.1, 0.15) is 6.10 Å². The molecule has 9 heteroatoms. The van der Waals surface area contributed by atoms with Gasteiger partial charge in [-0.2, -0.15) is 0 Å². The highest BCUT2D eigenvalue weighted by Crippen LogP contribution is 2.43. The van der Waals surface area contributed by atoms with Crippen molar-refractivity contribution in [3.05, 3.63) is 0 Å². The highest BCUT2D eigenvalue weighted by atomic mass is 31.2. The Labute approximate surface area is 322 Å². The van der Waals surface area contributed by atoms with E-state index < -0.39 is 13.9 Å². The highest BCUT2D eigenvalue weighted by Gasteiger charge is 2.25. The van der Waals surface area contributed by atoms with Crippen molar-refractivity contribution < 1.29 is 32.8 Å². The third-order valence-corrected chi connectivity index (χ3v) is 11.0. The summed E-state index contributed by atoms with van der Waals surface area (Å²) in [5.41, 5.74) is 5.37. The number of phosphoric acid groups is 1. The van der Waals surface area contributed by atoms with Crippen molar-refractivity contribution in [2.75, 3.05) is 33.0 Å². The summed E-state index contributed by atoms with van der Waals surface area (Å²) < 4.78 is 33.4. The van der Waals surface area contributed by atoms with Crippen LogP contribution in [0.5, 0.6) is 0 Å². The van der Waals surface area contributed by atoms with Crippen molar-refractivity contribution in [2.24, 2.45) is 5.73 Å². The van der Waals surface area contributed by atoms with Gasteiger partial charge in [-0.15, -0.1) is 0 Å². The van der Waals surface area contributed by atoms with Gasteiger partial charge >= 0.3 is 13.8 Å². The molecule has 0 saturated heterocycles. The summed E-state index contributed by atoms with van der Waals surface area (Å²) in [6, 6.07) is 0. The van der Waals surface area contributed by atoms with Gasteiger partial charge in [0.25, 0.3) is 0 Å². The van der Waals surface area contributed by atoms with Crippen LogP contribution in [-0.2, 0) is 27.9 Å². The Hall–Kier alpha value is -0.500. The van der Waals surface area contributed by atoms with Gasteiger partial charge in [0.2, 0.25) is 0 Å². The number of hydrogen-bond acceptors (Lipinski definition) is 7. The summed E-state index contributed by atoms with van der Waals surface area (Å²) in [4.78, 5) is 22.5. The minimum atomic E-state index is -4.27. The lowest BCUT2D eigenvalue weighted by molar-refractivity contribution is -0.154. The van der Waals surface area contributed by atoms with Crippen LogP contribution in [0.3, 0.4) is 0 Å². The second kappa shape index (κ2) is 41.7. The second-order valence-electron chi connectivity index (χ2n) is 15.3. The van der Waals surface area contributed by atoms with Crippen LogP contribution in [-0.4, -0.2) is 49.9 Å². The van der Waals surface area contributed by atoms with Crippen LogP contribution in [0, 0.1) is 0 Å². The van der Waals surface area contributed by atoms with Crippen LogP contribution < -0.4 is 5.73 Å². The quantitative estimate of drug-likeness (QED) is 0.0358. The molecule has 0 aromatic heterocycles. The van der Waals surface area contributed by atoms with Crippen molar-refractivity contribution in [1.29, 1.82) is 0 Å². The van der Waals surface area contributed by atoms with Crippen molar-refractivity contribution in [3.8, 4) is 0 Å². The Bertz CT molecular complexity index is 772. The molecule has 8 nitrogen and oxygen atoms in total. The Morgan fingerprint density at radius 3 is 1.21 bits per heavy atom. The third-order valence-electron chi connectivity index (χ3n) is 10.0. The largest absolute Gasteiger partial charge is 0.472 e. The number of rotatable bonds is 44. The molecule has 0 aliphatic carbocycles. The lowest BCUT2D eigenvalue weighted by Gasteiger charge is -2.20. The highest BCUT2D eigenvalue weighted by molar-refractivity contribution is 7.47. The van der Waals surface area contributed by atoms with Gasteiger partial charge in [-0.1, -0.05) is 213 Å². The molecule has 0 amide bonds. The van der Waals surface area contributed by atoms with Crippen molar-refractivity contribution in [1.82, 2.24) is 0 Å². The number of carbonyl (C=O) groups is 1. The Morgan fingerprint density at radius 2 is 0.846 bits per heavy atom. The molecule has 0 saturated carbocycles. The summed E-state index contributed by atoms with van der Waals surface area (Å²) >= 11 is 0. The number of carbonyl (C=O) groups excluding carboxylic acids is 1. The maximum absolute atomic E-state index is 12.6. The predicted molar refractivity (Wildman–Crippen MR) is 220 cm³/mol. The third kappa shape index (κ3) is 40.7. The monoisotopic (exact) mass is 762 g/mol. The van der Waals surface area contributed by atoms with E-state index in [-0.39, 0.29) is 32.3 Å². The van der Waals surface area contributed by atoms with E-state index in [2.05, 4.69) is 13.8 Å². The first-order chi connectivity index (χ1) is 25.4. The standard InChI is InChI=1S/C43H88NO7P/c1-3-5-7-9-11-13-15-17-18-19-20-21-22-23-25-27-29-31-33-35-38-48-40-42(41-50-52(46,47)49-39-37-44)51-43(45)36-34-32-30-28-26-24-16-14-12-10-8-6-4-2/h42H,3-41,44H2,1-2H3,(H,46,47). The zero-order chi connectivity index (χ0) is 38.1. The van der Waals surface area contributed by atoms with Crippen LogP contribution in [0.25, 0.3) is 0 Å². The van der Waals surface area contributed by atoms with Crippen LogP contribution in [0.1, 0.15) is 232 Å². The number of hydrogen-bond donors (Lipinski definition) is 2. The molecule has 0 aromatic carbocycles. The summed E-state index contributed by atoms with van der Waals surface area (Å²) in [6.07, 6.45) is 42.6. The maximum atomic E-state index is 12.6. The molecular weight excluding hydrogens is 673 g/mol. The molecule has 0 aliphatic heterocycles. The minimum absolute atomic E-state index is 0.0901. The van der Waals surface area contributed by atoms with Crippen LogP contribution in [0.4, 0.5) is 0 Å². The molecule has 0 rings (SSSR count). The van der Waals surface area contributed by atoms with Gasteiger partial charge in [-0.3, -0.25) is 13.8 Å². The van der Waals surface area contributed by atoms with E-state index in [1.54, 1.807) is 0 Å². The van der Waals surface area contributed by atoms with E-state index in [9.17, 15) is 14.3 Å².